The average molecular weight is 292 g/mol. The van der Waals surface area contributed by atoms with E-state index in [-0.39, 0.29) is 6.61 Å². The summed E-state index contributed by atoms with van der Waals surface area (Å²) in [6.45, 7) is -0.0153. The Bertz CT molecular complexity index is 729. The zero-order valence-electron chi connectivity index (χ0n) is 9.82. The molecular weight excluding hydrogens is 282 g/mol. The first-order valence-corrected chi connectivity index (χ1v) is 6.84. The number of pyridine rings is 1. The summed E-state index contributed by atoms with van der Waals surface area (Å²) in [6.07, 6.45) is 1.91. The molecule has 0 spiro atoms. The minimum absolute atomic E-state index is 0.0153. The van der Waals surface area contributed by atoms with E-state index in [1.807, 2.05) is 40.9 Å². The van der Waals surface area contributed by atoms with Crippen molar-refractivity contribution >= 4 is 29.0 Å². The second kappa shape index (κ2) is 5.21. The Morgan fingerprint density at radius 3 is 2.89 bits per heavy atom. The number of hydrogen-bond donors (Lipinski definition) is 1. The molecule has 1 aromatic carbocycles. The van der Waals surface area contributed by atoms with E-state index in [2.05, 4.69) is 10.2 Å². The maximum atomic E-state index is 9.06. The van der Waals surface area contributed by atoms with Gasteiger partial charge in [-0.2, -0.15) is 0 Å². The Morgan fingerprint density at radius 1 is 1.21 bits per heavy atom. The quantitative estimate of drug-likeness (QED) is 0.806. The van der Waals surface area contributed by atoms with Gasteiger partial charge in [-0.25, -0.2) is 0 Å². The van der Waals surface area contributed by atoms with Crippen LogP contribution in [-0.2, 0) is 6.61 Å². The summed E-state index contributed by atoms with van der Waals surface area (Å²) in [5, 5.41) is 18.6. The minimum Gasteiger partial charge on any atom is -0.392 e. The maximum absolute atomic E-state index is 9.06. The van der Waals surface area contributed by atoms with Gasteiger partial charge in [0.25, 0.3) is 0 Å². The number of aliphatic hydroxyl groups excluding tert-OH is 1. The van der Waals surface area contributed by atoms with Crippen LogP contribution in [0.25, 0.3) is 5.65 Å². The SMILES string of the molecule is OCc1ccc(Sc2nnc3ccccn23)c(Cl)c1. The minimum atomic E-state index is -0.0153. The number of rotatable bonds is 3. The van der Waals surface area contributed by atoms with Crippen molar-refractivity contribution in [3.05, 3.63) is 53.2 Å². The van der Waals surface area contributed by atoms with Crippen molar-refractivity contribution in [1.82, 2.24) is 14.6 Å². The van der Waals surface area contributed by atoms with Crippen molar-refractivity contribution in [2.24, 2.45) is 0 Å². The molecule has 19 heavy (non-hydrogen) atoms. The molecule has 2 heterocycles. The second-order valence-electron chi connectivity index (χ2n) is 3.94. The summed E-state index contributed by atoms with van der Waals surface area (Å²) in [4.78, 5) is 0.886. The molecule has 0 amide bonds. The molecule has 0 bridgehead atoms. The van der Waals surface area contributed by atoms with Gasteiger partial charge in [-0.3, -0.25) is 4.40 Å². The number of nitrogens with zero attached hydrogens (tertiary/aromatic N) is 3. The number of halogens is 1. The standard InChI is InChI=1S/C13H10ClN3OS/c14-10-7-9(8-18)4-5-11(10)19-13-16-15-12-3-1-2-6-17(12)13/h1-7,18H,8H2. The lowest BCUT2D eigenvalue weighted by Crippen LogP contribution is -1.87. The molecule has 0 fully saturated rings. The molecule has 0 unspecified atom stereocenters. The molecule has 1 N–H and O–H groups in total. The van der Waals surface area contributed by atoms with Gasteiger partial charge >= 0.3 is 0 Å². The van der Waals surface area contributed by atoms with E-state index in [1.165, 1.54) is 11.8 Å². The third kappa shape index (κ3) is 2.45. The first kappa shape index (κ1) is 12.5. The highest BCUT2D eigenvalue weighted by molar-refractivity contribution is 7.99. The van der Waals surface area contributed by atoms with Crippen LogP contribution in [0.1, 0.15) is 5.56 Å². The van der Waals surface area contributed by atoms with Crippen molar-refractivity contribution in [3.8, 4) is 0 Å². The van der Waals surface area contributed by atoms with Crippen molar-refractivity contribution in [3.63, 3.8) is 0 Å². The summed E-state index contributed by atoms with van der Waals surface area (Å²) in [6, 6.07) is 11.2. The molecule has 3 aromatic rings. The van der Waals surface area contributed by atoms with Crippen LogP contribution in [-0.4, -0.2) is 19.7 Å². The van der Waals surface area contributed by atoms with Crippen LogP contribution in [0.5, 0.6) is 0 Å². The van der Waals surface area contributed by atoms with Crippen LogP contribution in [0.15, 0.2) is 52.6 Å². The van der Waals surface area contributed by atoms with E-state index in [1.54, 1.807) is 6.07 Å². The molecule has 4 nitrogen and oxygen atoms in total. The van der Waals surface area contributed by atoms with Crippen LogP contribution < -0.4 is 0 Å². The Kier molecular flexibility index (Phi) is 3.42. The summed E-state index contributed by atoms with van der Waals surface area (Å²) in [5.74, 6) is 0. The van der Waals surface area contributed by atoms with E-state index in [4.69, 9.17) is 16.7 Å². The lowest BCUT2D eigenvalue weighted by atomic mass is 10.2. The van der Waals surface area contributed by atoms with Crippen molar-refractivity contribution in [2.75, 3.05) is 0 Å². The van der Waals surface area contributed by atoms with Crippen LogP contribution in [0.3, 0.4) is 0 Å². The highest BCUT2D eigenvalue weighted by atomic mass is 35.5. The number of hydrogen-bond acceptors (Lipinski definition) is 4. The number of aromatic nitrogens is 3. The number of benzene rings is 1. The molecule has 0 saturated carbocycles. The summed E-state index contributed by atoms with van der Waals surface area (Å²) in [5.41, 5.74) is 1.59. The van der Waals surface area contributed by atoms with Crippen molar-refractivity contribution in [2.45, 2.75) is 16.7 Å². The molecule has 0 atom stereocenters. The molecule has 0 aliphatic rings. The molecule has 0 radical (unpaired) electrons. The third-order valence-electron chi connectivity index (χ3n) is 2.66. The van der Waals surface area contributed by atoms with Gasteiger partial charge in [-0.05, 0) is 41.6 Å². The largest absolute Gasteiger partial charge is 0.392 e. The third-order valence-corrected chi connectivity index (χ3v) is 4.12. The average Bonchev–Trinajstić information content (AvgIpc) is 2.84. The van der Waals surface area contributed by atoms with E-state index in [0.717, 1.165) is 21.3 Å². The van der Waals surface area contributed by atoms with E-state index in [0.29, 0.717) is 5.02 Å². The first-order chi connectivity index (χ1) is 9.28. The van der Waals surface area contributed by atoms with Gasteiger partial charge in [-0.1, -0.05) is 23.7 Å². The summed E-state index contributed by atoms with van der Waals surface area (Å²) < 4.78 is 1.90. The molecule has 6 heteroatoms. The zero-order chi connectivity index (χ0) is 13.2. The van der Waals surface area contributed by atoms with Crippen LogP contribution in [0, 0.1) is 0 Å². The number of fused-ring (bicyclic) bond motifs is 1. The Hall–Kier alpha value is -1.56. The highest BCUT2D eigenvalue weighted by Crippen LogP contribution is 2.32. The molecule has 96 valence electrons. The smallest absolute Gasteiger partial charge is 0.200 e. The fraction of sp³-hybridized carbons (Fsp3) is 0.0769. The molecular formula is C13H10ClN3OS. The van der Waals surface area contributed by atoms with E-state index in [9.17, 15) is 0 Å². The van der Waals surface area contributed by atoms with E-state index < -0.39 is 0 Å². The van der Waals surface area contributed by atoms with Gasteiger partial charge in [0.2, 0.25) is 0 Å². The van der Waals surface area contributed by atoms with Crippen molar-refractivity contribution in [1.29, 1.82) is 0 Å². The van der Waals surface area contributed by atoms with Gasteiger partial charge in [-0.15, -0.1) is 10.2 Å². The normalized spacial score (nSPS) is 11.1. The van der Waals surface area contributed by atoms with Crippen molar-refractivity contribution < 1.29 is 5.11 Å². The van der Waals surface area contributed by atoms with Gasteiger partial charge in [0, 0.05) is 11.1 Å². The Balaban J connectivity index is 1.97. The summed E-state index contributed by atoms with van der Waals surface area (Å²) in [7, 11) is 0. The molecule has 3 rings (SSSR count). The fourth-order valence-corrected chi connectivity index (χ4v) is 2.86. The topological polar surface area (TPSA) is 50.4 Å². The molecule has 0 aliphatic heterocycles. The zero-order valence-corrected chi connectivity index (χ0v) is 11.4. The monoisotopic (exact) mass is 291 g/mol. The molecule has 2 aromatic heterocycles. The molecule has 0 saturated heterocycles. The van der Waals surface area contributed by atoms with Gasteiger partial charge < -0.3 is 5.11 Å². The van der Waals surface area contributed by atoms with Crippen LogP contribution in [0.2, 0.25) is 5.02 Å². The number of aliphatic hydroxyl groups is 1. The predicted octanol–water partition coefficient (Wildman–Crippen LogP) is 3.03. The second-order valence-corrected chi connectivity index (χ2v) is 5.35. The molecule has 0 aliphatic carbocycles. The fourth-order valence-electron chi connectivity index (χ4n) is 1.71. The van der Waals surface area contributed by atoms with Gasteiger partial charge in [0.1, 0.15) is 0 Å². The summed E-state index contributed by atoms with van der Waals surface area (Å²) >= 11 is 7.63. The maximum Gasteiger partial charge on any atom is 0.200 e. The predicted molar refractivity (Wildman–Crippen MR) is 74.5 cm³/mol. The lowest BCUT2D eigenvalue weighted by Gasteiger charge is -2.04. The van der Waals surface area contributed by atoms with Crippen LogP contribution >= 0.6 is 23.4 Å². The van der Waals surface area contributed by atoms with E-state index >= 15 is 0 Å². The van der Waals surface area contributed by atoms with Gasteiger partial charge in [0.05, 0.1) is 11.6 Å². The van der Waals surface area contributed by atoms with Crippen LogP contribution in [0.4, 0.5) is 0 Å². The lowest BCUT2D eigenvalue weighted by molar-refractivity contribution is 0.282. The highest BCUT2D eigenvalue weighted by Gasteiger charge is 2.09. The Morgan fingerprint density at radius 2 is 2.11 bits per heavy atom. The Labute approximate surface area is 119 Å². The van der Waals surface area contributed by atoms with Gasteiger partial charge in [0.15, 0.2) is 10.8 Å². The first-order valence-electron chi connectivity index (χ1n) is 5.65.